The highest BCUT2D eigenvalue weighted by Crippen LogP contribution is 2.36. The van der Waals surface area contributed by atoms with Crippen LogP contribution in [0.15, 0.2) is 53.4 Å². The highest BCUT2D eigenvalue weighted by atomic mass is 32.2. The molecule has 1 aliphatic rings. The lowest BCUT2D eigenvalue weighted by Gasteiger charge is -2.11. The number of nitrogens with one attached hydrogen (secondary N) is 2. The number of nitrogens with zero attached hydrogens (tertiary/aromatic N) is 1. The number of anilines is 1. The van der Waals surface area contributed by atoms with E-state index in [-0.39, 0.29) is 16.8 Å². The van der Waals surface area contributed by atoms with E-state index in [0.29, 0.717) is 13.1 Å². The first kappa shape index (κ1) is 16.3. The Morgan fingerprint density at radius 1 is 1.17 bits per heavy atom. The summed E-state index contributed by atoms with van der Waals surface area (Å²) in [5.41, 5.74) is 2.08. The molecule has 2 aromatic carbocycles. The van der Waals surface area contributed by atoms with Crippen LogP contribution in [-0.2, 0) is 11.2 Å². The molecule has 124 valence electrons. The van der Waals surface area contributed by atoms with E-state index in [1.165, 1.54) is 22.6 Å². The monoisotopic (exact) mass is 343 g/mol. The molecule has 6 nitrogen and oxygen atoms in total. The first-order valence-corrected chi connectivity index (χ1v) is 8.52. The number of amides is 1. The quantitative estimate of drug-likeness (QED) is 0.479. The van der Waals surface area contributed by atoms with Gasteiger partial charge in [0.15, 0.2) is 0 Å². The second-order valence-corrected chi connectivity index (χ2v) is 6.68. The maximum atomic E-state index is 12.2. The molecule has 1 atom stereocenters. The van der Waals surface area contributed by atoms with Gasteiger partial charge in [0.1, 0.15) is 0 Å². The SMILES string of the molecule is O=C(NCCNc1ccc([N+](=O)[O-])cc1)C1Cc2ccccc2S1. The second kappa shape index (κ2) is 7.35. The van der Waals surface area contributed by atoms with E-state index in [2.05, 4.69) is 16.7 Å². The van der Waals surface area contributed by atoms with Crippen molar-refractivity contribution >= 4 is 29.0 Å². The van der Waals surface area contributed by atoms with Crippen LogP contribution in [0.4, 0.5) is 11.4 Å². The fourth-order valence-corrected chi connectivity index (χ4v) is 3.76. The number of carbonyl (C=O) groups is 1. The minimum absolute atomic E-state index is 0.0432. The van der Waals surface area contributed by atoms with Gasteiger partial charge in [-0.25, -0.2) is 0 Å². The largest absolute Gasteiger partial charge is 0.383 e. The van der Waals surface area contributed by atoms with Crippen LogP contribution in [-0.4, -0.2) is 29.2 Å². The van der Waals surface area contributed by atoms with Crippen molar-refractivity contribution in [2.45, 2.75) is 16.6 Å². The Kier molecular flexibility index (Phi) is 5.00. The van der Waals surface area contributed by atoms with Crippen LogP contribution in [0.25, 0.3) is 0 Å². The summed E-state index contributed by atoms with van der Waals surface area (Å²) < 4.78 is 0. The lowest BCUT2D eigenvalue weighted by Crippen LogP contribution is -2.35. The van der Waals surface area contributed by atoms with Gasteiger partial charge in [0.05, 0.1) is 10.2 Å². The molecule has 0 saturated carbocycles. The molecule has 0 fully saturated rings. The summed E-state index contributed by atoms with van der Waals surface area (Å²) in [7, 11) is 0. The van der Waals surface area contributed by atoms with Gasteiger partial charge >= 0.3 is 0 Å². The Hall–Kier alpha value is -2.54. The Bertz CT molecular complexity index is 724. The van der Waals surface area contributed by atoms with Crippen molar-refractivity contribution in [2.75, 3.05) is 18.4 Å². The minimum Gasteiger partial charge on any atom is -0.383 e. The van der Waals surface area contributed by atoms with Crippen molar-refractivity contribution in [3.63, 3.8) is 0 Å². The van der Waals surface area contributed by atoms with Gasteiger partial charge in [-0.1, -0.05) is 18.2 Å². The van der Waals surface area contributed by atoms with E-state index in [9.17, 15) is 14.9 Å². The van der Waals surface area contributed by atoms with E-state index in [1.807, 2.05) is 18.2 Å². The summed E-state index contributed by atoms with van der Waals surface area (Å²) in [6, 6.07) is 14.3. The van der Waals surface area contributed by atoms with Crippen LogP contribution in [0.2, 0.25) is 0 Å². The third-order valence-corrected chi connectivity index (χ3v) is 5.09. The smallest absolute Gasteiger partial charge is 0.269 e. The average Bonchev–Trinajstić information content (AvgIpc) is 3.03. The minimum atomic E-state index is -0.429. The molecule has 0 saturated heterocycles. The van der Waals surface area contributed by atoms with Crippen molar-refractivity contribution in [2.24, 2.45) is 0 Å². The van der Waals surface area contributed by atoms with Gasteiger partial charge < -0.3 is 10.6 Å². The highest BCUT2D eigenvalue weighted by Gasteiger charge is 2.27. The highest BCUT2D eigenvalue weighted by molar-refractivity contribution is 8.01. The standard InChI is InChI=1S/C17H17N3O3S/c21-17(16-11-12-3-1-2-4-15(12)24-16)19-10-9-18-13-5-7-14(8-6-13)20(22)23/h1-8,16,18H,9-11H2,(H,19,21). The van der Waals surface area contributed by atoms with E-state index in [4.69, 9.17) is 0 Å². The molecule has 24 heavy (non-hydrogen) atoms. The van der Waals surface area contributed by atoms with Crippen LogP contribution in [0.1, 0.15) is 5.56 Å². The predicted molar refractivity (Wildman–Crippen MR) is 94.4 cm³/mol. The summed E-state index contributed by atoms with van der Waals surface area (Å²) in [4.78, 5) is 23.6. The van der Waals surface area contributed by atoms with E-state index in [0.717, 1.165) is 12.1 Å². The lowest BCUT2D eigenvalue weighted by atomic mass is 10.1. The molecule has 1 aliphatic heterocycles. The molecule has 0 aromatic heterocycles. The van der Waals surface area contributed by atoms with Crippen molar-refractivity contribution in [1.29, 1.82) is 0 Å². The molecule has 2 aromatic rings. The first-order chi connectivity index (χ1) is 11.6. The number of carbonyl (C=O) groups excluding carboxylic acids is 1. The zero-order chi connectivity index (χ0) is 16.9. The third kappa shape index (κ3) is 3.86. The fraction of sp³-hybridized carbons (Fsp3) is 0.235. The molecule has 0 spiro atoms. The van der Waals surface area contributed by atoms with E-state index >= 15 is 0 Å². The van der Waals surface area contributed by atoms with Crippen molar-refractivity contribution in [1.82, 2.24) is 5.32 Å². The van der Waals surface area contributed by atoms with Gasteiger partial charge in [0.25, 0.3) is 5.69 Å². The number of rotatable bonds is 6. The molecule has 1 amide bonds. The van der Waals surface area contributed by atoms with Gasteiger partial charge in [-0.05, 0) is 30.2 Å². The van der Waals surface area contributed by atoms with Crippen molar-refractivity contribution in [3.8, 4) is 0 Å². The number of thioether (sulfide) groups is 1. The van der Waals surface area contributed by atoms with Crippen LogP contribution in [0.3, 0.4) is 0 Å². The maximum absolute atomic E-state index is 12.2. The maximum Gasteiger partial charge on any atom is 0.269 e. The van der Waals surface area contributed by atoms with Gasteiger partial charge in [-0.3, -0.25) is 14.9 Å². The summed E-state index contributed by atoms with van der Waals surface area (Å²) >= 11 is 1.61. The zero-order valence-corrected chi connectivity index (χ0v) is 13.7. The van der Waals surface area contributed by atoms with Crippen LogP contribution < -0.4 is 10.6 Å². The Labute approximate surface area is 143 Å². The summed E-state index contributed by atoms with van der Waals surface area (Å²) in [6.45, 7) is 1.07. The number of benzene rings is 2. The van der Waals surface area contributed by atoms with Gasteiger partial charge in [-0.15, -0.1) is 11.8 Å². The molecule has 2 N–H and O–H groups in total. The fourth-order valence-electron chi connectivity index (χ4n) is 2.54. The van der Waals surface area contributed by atoms with Gasteiger partial charge in [-0.2, -0.15) is 0 Å². The Balaban J connectivity index is 1.41. The molecule has 1 unspecified atom stereocenters. The molecule has 3 rings (SSSR count). The van der Waals surface area contributed by atoms with Crippen LogP contribution >= 0.6 is 11.8 Å². The number of nitro groups is 1. The average molecular weight is 343 g/mol. The molecule has 0 radical (unpaired) electrons. The topological polar surface area (TPSA) is 84.3 Å². The predicted octanol–water partition coefficient (Wildman–Crippen LogP) is 2.84. The number of nitro benzene ring substituents is 1. The molecule has 0 bridgehead atoms. The van der Waals surface area contributed by atoms with Gasteiger partial charge in [0, 0.05) is 35.8 Å². The number of hydrogen-bond acceptors (Lipinski definition) is 5. The molecular formula is C17H17N3O3S. The lowest BCUT2D eigenvalue weighted by molar-refractivity contribution is -0.384. The molecular weight excluding hydrogens is 326 g/mol. The summed E-state index contributed by atoms with van der Waals surface area (Å²) in [5, 5.41) is 16.6. The second-order valence-electron chi connectivity index (χ2n) is 5.44. The summed E-state index contributed by atoms with van der Waals surface area (Å²) in [6.07, 6.45) is 0.766. The molecule has 1 heterocycles. The molecule has 7 heteroatoms. The normalized spacial score (nSPS) is 15.6. The number of non-ortho nitro benzene ring substituents is 1. The van der Waals surface area contributed by atoms with Crippen molar-refractivity contribution in [3.05, 3.63) is 64.2 Å². The Morgan fingerprint density at radius 3 is 2.62 bits per heavy atom. The van der Waals surface area contributed by atoms with Gasteiger partial charge in [0.2, 0.25) is 5.91 Å². The van der Waals surface area contributed by atoms with Crippen LogP contribution in [0.5, 0.6) is 0 Å². The summed E-state index contributed by atoms with van der Waals surface area (Å²) in [5.74, 6) is 0.0432. The van der Waals surface area contributed by atoms with E-state index in [1.54, 1.807) is 23.9 Å². The van der Waals surface area contributed by atoms with E-state index < -0.39 is 4.92 Å². The number of hydrogen-bond donors (Lipinski definition) is 2. The van der Waals surface area contributed by atoms with Crippen LogP contribution in [0, 0.1) is 10.1 Å². The third-order valence-electron chi connectivity index (χ3n) is 3.77. The van der Waals surface area contributed by atoms with Crippen molar-refractivity contribution < 1.29 is 9.72 Å². The molecule has 0 aliphatic carbocycles. The number of fused-ring (bicyclic) bond motifs is 1. The first-order valence-electron chi connectivity index (χ1n) is 7.64. The Morgan fingerprint density at radius 2 is 1.92 bits per heavy atom. The zero-order valence-electron chi connectivity index (χ0n) is 12.9.